The van der Waals surface area contributed by atoms with Crippen LogP contribution in [0, 0.1) is 11.7 Å². The van der Waals surface area contributed by atoms with Gasteiger partial charge >= 0.3 is 0 Å². The first-order chi connectivity index (χ1) is 10.1. The van der Waals surface area contributed by atoms with Gasteiger partial charge in [0.25, 0.3) is 5.91 Å². The Bertz CT molecular complexity index is 551. The molecule has 0 N–H and O–H groups in total. The molecule has 3 rings (SSSR count). The van der Waals surface area contributed by atoms with E-state index in [9.17, 15) is 9.18 Å². The number of carbonyl (C=O) groups excluding carboxylic acids is 1. The number of carbonyl (C=O) groups is 1. The van der Waals surface area contributed by atoms with Gasteiger partial charge in [0.1, 0.15) is 5.82 Å². The molecule has 114 valence electrons. The standard InChI is InChI=1S/C16H20BrFN2O/c1-19-7-2-3-11-10-20(8-6-15(11)19)16(21)13-9-12(18)4-5-14(13)17/h4-5,9,11,15H,2-3,6-8,10H2,1H3. The quantitative estimate of drug-likeness (QED) is 0.773. The fourth-order valence-electron chi connectivity index (χ4n) is 3.67. The molecule has 1 amide bonds. The van der Waals surface area contributed by atoms with Gasteiger partial charge in [0.15, 0.2) is 0 Å². The van der Waals surface area contributed by atoms with Crippen LogP contribution < -0.4 is 0 Å². The van der Waals surface area contributed by atoms with Crippen LogP contribution in [-0.2, 0) is 0 Å². The molecule has 0 bridgehead atoms. The van der Waals surface area contributed by atoms with E-state index >= 15 is 0 Å². The summed E-state index contributed by atoms with van der Waals surface area (Å²) in [5.74, 6) is 0.121. The molecule has 2 fully saturated rings. The minimum atomic E-state index is -0.367. The molecule has 2 saturated heterocycles. The summed E-state index contributed by atoms with van der Waals surface area (Å²) in [5.41, 5.74) is 0.428. The van der Waals surface area contributed by atoms with Crippen molar-refractivity contribution in [1.82, 2.24) is 9.80 Å². The number of hydrogen-bond acceptors (Lipinski definition) is 2. The molecule has 21 heavy (non-hydrogen) atoms. The molecule has 2 aliphatic heterocycles. The second kappa shape index (κ2) is 6.05. The van der Waals surface area contributed by atoms with E-state index in [-0.39, 0.29) is 11.7 Å². The zero-order chi connectivity index (χ0) is 15.0. The topological polar surface area (TPSA) is 23.6 Å². The summed E-state index contributed by atoms with van der Waals surface area (Å²) in [5, 5.41) is 0. The molecule has 3 nitrogen and oxygen atoms in total. The average Bonchev–Trinajstić information content (AvgIpc) is 2.49. The minimum Gasteiger partial charge on any atom is -0.338 e. The summed E-state index contributed by atoms with van der Waals surface area (Å²) >= 11 is 3.35. The first kappa shape index (κ1) is 15.0. The Morgan fingerprint density at radius 2 is 2.14 bits per heavy atom. The first-order valence-corrected chi connectivity index (χ1v) is 8.30. The first-order valence-electron chi connectivity index (χ1n) is 7.51. The molecule has 5 heteroatoms. The lowest BCUT2D eigenvalue weighted by molar-refractivity contribution is 0.0316. The maximum absolute atomic E-state index is 13.4. The average molecular weight is 355 g/mol. The third-order valence-electron chi connectivity index (χ3n) is 4.79. The highest BCUT2D eigenvalue weighted by molar-refractivity contribution is 9.10. The number of amides is 1. The highest BCUT2D eigenvalue weighted by Gasteiger charge is 2.36. The second-order valence-corrected chi connectivity index (χ2v) is 6.97. The maximum atomic E-state index is 13.4. The van der Waals surface area contributed by atoms with Crippen LogP contribution in [0.5, 0.6) is 0 Å². The van der Waals surface area contributed by atoms with Crippen LogP contribution in [0.15, 0.2) is 22.7 Å². The van der Waals surface area contributed by atoms with Crippen molar-refractivity contribution in [3.8, 4) is 0 Å². The third kappa shape index (κ3) is 2.99. The summed E-state index contributed by atoms with van der Waals surface area (Å²) in [4.78, 5) is 17.0. The molecule has 1 aromatic rings. The summed E-state index contributed by atoms with van der Waals surface area (Å²) in [6, 6.07) is 4.89. The molecule has 0 spiro atoms. The van der Waals surface area contributed by atoms with Crippen molar-refractivity contribution >= 4 is 21.8 Å². The molecule has 0 aromatic heterocycles. The molecular weight excluding hydrogens is 335 g/mol. The van der Waals surface area contributed by atoms with Gasteiger partial charge in [-0.3, -0.25) is 4.79 Å². The normalized spacial score (nSPS) is 26.5. The zero-order valence-electron chi connectivity index (χ0n) is 12.2. The third-order valence-corrected chi connectivity index (χ3v) is 5.48. The number of hydrogen-bond donors (Lipinski definition) is 0. The predicted molar refractivity (Wildman–Crippen MR) is 83.8 cm³/mol. The number of piperidine rings is 2. The minimum absolute atomic E-state index is 0.0620. The number of likely N-dealkylation sites (tertiary alicyclic amines) is 2. The predicted octanol–water partition coefficient (Wildman–Crippen LogP) is 3.14. The van der Waals surface area contributed by atoms with E-state index in [1.54, 1.807) is 6.07 Å². The number of nitrogens with zero attached hydrogens (tertiary/aromatic N) is 2. The van der Waals surface area contributed by atoms with Crippen molar-refractivity contribution in [2.24, 2.45) is 5.92 Å². The highest BCUT2D eigenvalue weighted by Crippen LogP contribution is 2.31. The van der Waals surface area contributed by atoms with Gasteiger partial charge in [0, 0.05) is 23.6 Å². The summed E-state index contributed by atoms with van der Waals surface area (Å²) in [7, 11) is 2.18. The van der Waals surface area contributed by atoms with Crippen LogP contribution in [0.4, 0.5) is 4.39 Å². The zero-order valence-corrected chi connectivity index (χ0v) is 13.8. The van der Waals surface area contributed by atoms with E-state index in [1.807, 2.05) is 4.90 Å². The fourth-order valence-corrected chi connectivity index (χ4v) is 4.08. The number of benzene rings is 1. The lowest BCUT2D eigenvalue weighted by atomic mass is 9.84. The van der Waals surface area contributed by atoms with E-state index in [0.29, 0.717) is 22.0 Å². The molecule has 2 aliphatic rings. The summed E-state index contributed by atoms with van der Waals surface area (Å²) < 4.78 is 14.1. The van der Waals surface area contributed by atoms with Crippen molar-refractivity contribution in [1.29, 1.82) is 0 Å². The van der Waals surface area contributed by atoms with Crippen molar-refractivity contribution in [2.45, 2.75) is 25.3 Å². The molecule has 2 heterocycles. The summed E-state index contributed by atoms with van der Waals surface area (Å²) in [6.07, 6.45) is 3.40. The smallest absolute Gasteiger partial charge is 0.255 e. The molecule has 2 unspecified atom stereocenters. The van der Waals surface area contributed by atoms with Gasteiger partial charge in [-0.2, -0.15) is 0 Å². The Hall–Kier alpha value is -0.940. The Morgan fingerprint density at radius 3 is 2.95 bits per heavy atom. The van der Waals surface area contributed by atoms with E-state index in [0.717, 1.165) is 26.1 Å². The SMILES string of the molecule is CN1CCCC2CN(C(=O)c3cc(F)ccc3Br)CCC21. The van der Waals surface area contributed by atoms with Crippen molar-refractivity contribution in [3.63, 3.8) is 0 Å². The molecule has 1 aromatic carbocycles. The largest absolute Gasteiger partial charge is 0.338 e. The summed E-state index contributed by atoms with van der Waals surface area (Å²) in [6.45, 7) is 2.70. The van der Waals surface area contributed by atoms with Crippen LogP contribution in [0.25, 0.3) is 0 Å². The van der Waals surface area contributed by atoms with Crippen LogP contribution in [0.2, 0.25) is 0 Å². The molecular formula is C16H20BrFN2O. The molecule has 2 atom stereocenters. The Labute approximate surface area is 133 Å². The number of fused-ring (bicyclic) bond motifs is 1. The van der Waals surface area contributed by atoms with E-state index in [1.165, 1.54) is 25.0 Å². The second-order valence-electron chi connectivity index (χ2n) is 6.11. The number of halogens is 2. The monoisotopic (exact) mass is 354 g/mol. The molecule has 0 saturated carbocycles. The lowest BCUT2D eigenvalue weighted by Crippen LogP contribution is -2.53. The van der Waals surface area contributed by atoms with Crippen LogP contribution in [-0.4, -0.2) is 48.4 Å². The van der Waals surface area contributed by atoms with Gasteiger partial charge in [-0.25, -0.2) is 4.39 Å². The van der Waals surface area contributed by atoms with Gasteiger partial charge in [0.2, 0.25) is 0 Å². The van der Waals surface area contributed by atoms with Crippen molar-refractivity contribution in [2.75, 3.05) is 26.7 Å². The van der Waals surface area contributed by atoms with Gasteiger partial charge in [-0.15, -0.1) is 0 Å². The molecule has 0 aliphatic carbocycles. The van der Waals surface area contributed by atoms with Crippen LogP contribution in [0.1, 0.15) is 29.6 Å². The van der Waals surface area contributed by atoms with Crippen molar-refractivity contribution in [3.05, 3.63) is 34.1 Å². The fraction of sp³-hybridized carbons (Fsp3) is 0.562. The Balaban J connectivity index is 1.76. The van der Waals surface area contributed by atoms with Crippen LogP contribution in [0.3, 0.4) is 0 Å². The van der Waals surface area contributed by atoms with E-state index in [4.69, 9.17) is 0 Å². The van der Waals surface area contributed by atoms with Crippen molar-refractivity contribution < 1.29 is 9.18 Å². The Kier molecular flexibility index (Phi) is 4.31. The van der Waals surface area contributed by atoms with Gasteiger partial charge < -0.3 is 9.80 Å². The van der Waals surface area contributed by atoms with Gasteiger partial charge in [0.05, 0.1) is 5.56 Å². The van der Waals surface area contributed by atoms with Gasteiger partial charge in [-0.05, 0) is 72.9 Å². The number of rotatable bonds is 1. The van der Waals surface area contributed by atoms with Gasteiger partial charge in [-0.1, -0.05) is 0 Å². The highest BCUT2D eigenvalue weighted by atomic mass is 79.9. The van der Waals surface area contributed by atoms with Crippen LogP contribution >= 0.6 is 15.9 Å². The maximum Gasteiger partial charge on any atom is 0.255 e. The Morgan fingerprint density at radius 1 is 1.33 bits per heavy atom. The molecule has 0 radical (unpaired) electrons. The lowest BCUT2D eigenvalue weighted by Gasteiger charge is -2.46. The van der Waals surface area contributed by atoms with E-state index in [2.05, 4.69) is 27.9 Å². The van der Waals surface area contributed by atoms with E-state index < -0.39 is 0 Å².